The zero-order chi connectivity index (χ0) is 13.1. The SMILES string of the molecule is Cc1cc(NC(=O)Cn2cc([N+](=O)[O-])cn2)n[nH]1. The minimum absolute atomic E-state index is 0.111. The van der Waals surface area contributed by atoms with Crippen LogP contribution in [-0.2, 0) is 11.3 Å². The number of aromatic nitrogens is 4. The first-order valence-electron chi connectivity index (χ1n) is 5.03. The molecule has 9 nitrogen and oxygen atoms in total. The molecule has 0 aliphatic rings. The molecule has 0 radical (unpaired) electrons. The molecule has 2 N–H and O–H groups in total. The minimum Gasteiger partial charge on any atom is -0.308 e. The highest BCUT2D eigenvalue weighted by molar-refractivity contribution is 5.89. The van der Waals surface area contributed by atoms with Gasteiger partial charge in [-0.3, -0.25) is 24.7 Å². The van der Waals surface area contributed by atoms with Crippen molar-refractivity contribution in [2.75, 3.05) is 5.32 Å². The Balaban J connectivity index is 1.96. The maximum Gasteiger partial charge on any atom is 0.307 e. The standard InChI is InChI=1S/C9H10N6O3/c1-6-2-8(13-12-6)11-9(16)5-14-4-7(3-10-14)15(17)18/h2-4H,5H2,1H3,(H2,11,12,13,16). The molecule has 2 rings (SSSR count). The molecule has 9 heteroatoms. The third-order valence-corrected chi connectivity index (χ3v) is 2.11. The van der Waals surface area contributed by atoms with Crippen LogP contribution in [-0.4, -0.2) is 30.8 Å². The fourth-order valence-corrected chi connectivity index (χ4v) is 1.34. The lowest BCUT2D eigenvalue weighted by atomic mass is 10.4. The first-order chi connectivity index (χ1) is 8.54. The summed E-state index contributed by atoms with van der Waals surface area (Å²) in [7, 11) is 0. The maximum atomic E-state index is 11.6. The van der Waals surface area contributed by atoms with Crippen LogP contribution < -0.4 is 5.32 Å². The van der Waals surface area contributed by atoms with Gasteiger partial charge in [-0.1, -0.05) is 0 Å². The molecule has 0 aromatic carbocycles. The Bertz CT molecular complexity index is 587. The van der Waals surface area contributed by atoms with Crippen molar-refractivity contribution in [1.29, 1.82) is 0 Å². The number of amides is 1. The van der Waals surface area contributed by atoms with Gasteiger partial charge < -0.3 is 5.32 Å². The highest BCUT2D eigenvalue weighted by Crippen LogP contribution is 2.08. The van der Waals surface area contributed by atoms with E-state index in [4.69, 9.17) is 0 Å². The van der Waals surface area contributed by atoms with Gasteiger partial charge in [-0.15, -0.1) is 0 Å². The van der Waals surface area contributed by atoms with E-state index in [9.17, 15) is 14.9 Å². The molecule has 0 aliphatic carbocycles. The van der Waals surface area contributed by atoms with Crippen molar-refractivity contribution in [2.45, 2.75) is 13.5 Å². The summed E-state index contributed by atoms with van der Waals surface area (Å²) in [5, 5.41) is 23.2. The van der Waals surface area contributed by atoms with E-state index in [0.29, 0.717) is 5.82 Å². The first-order valence-corrected chi connectivity index (χ1v) is 5.03. The topological polar surface area (TPSA) is 119 Å². The number of carbonyl (C=O) groups is 1. The highest BCUT2D eigenvalue weighted by Gasteiger charge is 2.11. The second-order valence-corrected chi connectivity index (χ2v) is 3.64. The number of hydrogen-bond donors (Lipinski definition) is 2. The average Bonchev–Trinajstić information content (AvgIpc) is 2.88. The molecule has 2 aromatic rings. The smallest absolute Gasteiger partial charge is 0.307 e. The molecule has 0 atom stereocenters. The van der Waals surface area contributed by atoms with Gasteiger partial charge in [0.1, 0.15) is 18.9 Å². The number of nitrogens with one attached hydrogen (secondary N) is 2. The van der Waals surface area contributed by atoms with Gasteiger partial charge >= 0.3 is 5.69 Å². The summed E-state index contributed by atoms with van der Waals surface area (Å²) in [6.07, 6.45) is 2.28. The Hall–Kier alpha value is -2.71. The number of aromatic amines is 1. The van der Waals surface area contributed by atoms with Gasteiger partial charge in [0, 0.05) is 11.8 Å². The Morgan fingerprint density at radius 1 is 1.67 bits per heavy atom. The zero-order valence-electron chi connectivity index (χ0n) is 9.45. The van der Waals surface area contributed by atoms with Gasteiger partial charge in [-0.05, 0) is 6.92 Å². The third-order valence-electron chi connectivity index (χ3n) is 2.11. The van der Waals surface area contributed by atoms with E-state index in [-0.39, 0.29) is 18.1 Å². The van der Waals surface area contributed by atoms with Gasteiger partial charge in [-0.2, -0.15) is 10.2 Å². The molecular formula is C9H10N6O3. The van der Waals surface area contributed by atoms with E-state index in [1.54, 1.807) is 13.0 Å². The van der Waals surface area contributed by atoms with Crippen LogP contribution in [0.5, 0.6) is 0 Å². The van der Waals surface area contributed by atoms with Crippen molar-refractivity contribution in [1.82, 2.24) is 20.0 Å². The molecule has 1 amide bonds. The molecule has 0 unspecified atom stereocenters. The quantitative estimate of drug-likeness (QED) is 0.603. The van der Waals surface area contributed by atoms with Gasteiger partial charge in [0.2, 0.25) is 5.91 Å². The number of hydrogen-bond acceptors (Lipinski definition) is 5. The lowest BCUT2D eigenvalue weighted by molar-refractivity contribution is -0.385. The van der Waals surface area contributed by atoms with Crippen LogP contribution in [0.1, 0.15) is 5.69 Å². The molecule has 2 aromatic heterocycles. The number of carbonyl (C=O) groups excluding carboxylic acids is 1. The lowest BCUT2D eigenvalue weighted by Crippen LogP contribution is -2.19. The predicted octanol–water partition coefficient (Wildman–Crippen LogP) is 0.462. The van der Waals surface area contributed by atoms with Crippen LogP contribution >= 0.6 is 0 Å². The van der Waals surface area contributed by atoms with Crippen molar-refractivity contribution in [3.8, 4) is 0 Å². The van der Waals surface area contributed by atoms with Gasteiger partial charge in [0.15, 0.2) is 5.82 Å². The summed E-state index contributed by atoms with van der Waals surface area (Å²) in [5.74, 6) is 0.0404. The van der Waals surface area contributed by atoms with Crippen LogP contribution in [0.25, 0.3) is 0 Å². The number of nitrogens with zero attached hydrogens (tertiary/aromatic N) is 4. The van der Waals surface area contributed by atoms with E-state index in [0.717, 1.165) is 11.9 Å². The predicted molar refractivity (Wildman–Crippen MR) is 60.8 cm³/mol. The fourth-order valence-electron chi connectivity index (χ4n) is 1.34. The van der Waals surface area contributed by atoms with Crippen molar-refractivity contribution in [2.24, 2.45) is 0 Å². The monoisotopic (exact) mass is 250 g/mol. The molecule has 0 aliphatic heterocycles. The van der Waals surface area contributed by atoms with Crippen molar-refractivity contribution < 1.29 is 9.72 Å². The van der Waals surface area contributed by atoms with E-state index in [1.807, 2.05) is 0 Å². The normalized spacial score (nSPS) is 10.3. The molecule has 2 heterocycles. The third kappa shape index (κ3) is 2.70. The molecule has 18 heavy (non-hydrogen) atoms. The number of aryl methyl sites for hydroxylation is 1. The lowest BCUT2D eigenvalue weighted by Gasteiger charge is -2.00. The summed E-state index contributed by atoms with van der Waals surface area (Å²) in [4.78, 5) is 21.4. The summed E-state index contributed by atoms with van der Waals surface area (Å²) < 4.78 is 1.19. The van der Waals surface area contributed by atoms with Crippen LogP contribution in [0.2, 0.25) is 0 Å². The first kappa shape index (κ1) is 11.8. The molecule has 0 bridgehead atoms. The molecule has 0 saturated heterocycles. The second kappa shape index (κ2) is 4.65. The van der Waals surface area contributed by atoms with Gasteiger partial charge in [-0.25, -0.2) is 0 Å². The van der Waals surface area contributed by atoms with Crippen molar-refractivity contribution in [3.05, 3.63) is 34.3 Å². The Labute approximate surface area is 101 Å². The van der Waals surface area contributed by atoms with Gasteiger partial charge in [0.25, 0.3) is 0 Å². The minimum atomic E-state index is -0.571. The number of H-pyrrole nitrogens is 1. The van der Waals surface area contributed by atoms with E-state index in [1.165, 1.54) is 10.9 Å². The van der Waals surface area contributed by atoms with Crippen molar-refractivity contribution >= 4 is 17.4 Å². The van der Waals surface area contributed by atoms with Crippen LogP contribution in [0.3, 0.4) is 0 Å². The zero-order valence-corrected chi connectivity index (χ0v) is 9.45. The summed E-state index contributed by atoms with van der Waals surface area (Å²) >= 11 is 0. The van der Waals surface area contributed by atoms with Gasteiger partial charge in [0.05, 0.1) is 4.92 Å². The maximum absolute atomic E-state index is 11.6. The number of rotatable bonds is 4. The summed E-state index contributed by atoms with van der Waals surface area (Å²) in [6, 6.07) is 1.67. The Morgan fingerprint density at radius 3 is 3.00 bits per heavy atom. The second-order valence-electron chi connectivity index (χ2n) is 3.64. The van der Waals surface area contributed by atoms with Crippen LogP contribution in [0.15, 0.2) is 18.5 Å². The largest absolute Gasteiger partial charge is 0.308 e. The Kier molecular flexibility index (Phi) is 3.04. The molecule has 0 fully saturated rings. The van der Waals surface area contributed by atoms with E-state index < -0.39 is 4.92 Å². The fraction of sp³-hybridized carbons (Fsp3) is 0.222. The van der Waals surface area contributed by atoms with Crippen LogP contribution in [0, 0.1) is 17.0 Å². The molecule has 0 spiro atoms. The summed E-state index contributed by atoms with van der Waals surface area (Å²) in [5.41, 5.74) is 0.665. The molecule has 94 valence electrons. The van der Waals surface area contributed by atoms with Crippen molar-refractivity contribution in [3.63, 3.8) is 0 Å². The Morgan fingerprint density at radius 2 is 2.44 bits per heavy atom. The van der Waals surface area contributed by atoms with E-state index >= 15 is 0 Å². The average molecular weight is 250 g/mol. The summed E-state index contributed by atoms with van der Waals surface area (Å²) in [6.45, 7) is 1.69. The highest BCUT2D eigenvalue weighted by atomic mass is 16.6. The number of nitro groups is 1. The number of anilines is 1. The van der Waals surface area contributed by atoms with E-state index in [2.05, 4.69) is 20.6 Å². The van der Waals surface area contributed by atoms with Crippen LogP contribution in [0.4, 0.5) is 11.5 Å². The molecule has 0 saturated carbocycles. The molecular weight excluding hydrogens is 240 g/mol.